The molecule has 32 heavy (non-hydrogen) atoms. The maximum Gasteiger partial charge on any atom is 0.306 e. The number of nitrogens with one attached hydrogen (secondary N) is 2. The highest BCUT2D eigenvalue weighted by atomic mass is 32.1. The molecule has 2 aromatic carbocycles. The van der Waals surface area contributed by atoms with Gasteiger partial charge in [-0.15, -0.1) is 0 Å². The van der Waals surface area contributed by atoms with E-state index in [-0.39, 0.29) is 29.8 Å². The molecule has 0 radical (unpaired) electrons. The number of carbonyl (C=O) groups excluding carboxylic acids is 2. The SMILES string of the molecule is CC(C)CCOc1ccc(NC(=S)NC(=O)CCC(=O)OCCCc2ccccc2)cc1. The Hall–Kier alpha value is -2.93. The number of thiocarbonyl (C=S) groups is 1. The number of hydrogen-bond donors (Lipinski definition) is 2. The lowest BCUT2D eigenvalue weighted by Gasteiger charge is -2.11. The summed E-state index contributed by atoms with van der Waals surface area (Å²) in [5, 5.41) is 5.70. The van der Waals surface area contributed by atoms with Crippen molar-refractivity contribution in [3.63, 3.8) is 0 Å². The van der Waals surface area contributed by atoms with E-state index in [4.69, 9.17) is 21.7 Å². The minimum Gasteiger partial charge on any atom is -0.494 e. The standard InChI is InChI=1S/C25H32N2O4S/c1-19(2)16-18-30-22-12-10-21(11-13-22)26-25(32)27-23(28)14-15-24(29)31-17-6-9-20-7-4-3-5-8-20/h3-5,7-8,10-13,19H,6,9,14-18H2,1-2H3,(H2,26,27,28,32). The van der Waals surface area contributed by atoms with Crippen LogP contribution >= 0.6 is 12.2 Å². The highest BCUT2D eigenvalue weighted by Gasteiger charge is 2.10. The van der Waals surface area contributed by atoms with Crippen LogP contribution in [-0.4, -0.2) is 30.2 Å². The van der Waals surface area contributed by atoms with Gasteiger partial charge >= 0.3 is 5.97 Å². The minimum atomic E-state index is -0.389. The van der Waals surface area contributed by atoms with E-state index in [0.717, 1.165) is 30.7 Å². The molecule has 0 saturated heterocycles. The second kappa shape index (κ2) is 14.2. The molecule has 0 aliphatic heterocycles. The Bertz CT molecular complexity index is 854. The van der Waals surface area contributed by atoms with E-state index in [1.54, 1.807) is 0 Å². The van der Waals surface area contributed by atoms with Gasteiger partial charge in [-0.3, -0.25) is 9.59 Å². The van der Waals surface area contributed by atoms with Crippen molar-refractivity contribution in [3.05, 3.63) is 60.2 Å². The van der Waals surface area contributed by atoms with Gasteiger partial charge in [0.2, 0.25) is 5.91 Å². The molecule has 0 aliphatic carbocycles. The quantitative estimate of drug-likeness (QED) is 0.269. The maximum absolute atomic E-state index is 12.0. The Morgan fingerprint density at radius 2 is 1.69 bits per heavy atom. The molecule has 2 rings (SSSR count). The highest BCUT2D eigenvalue weighted by molar-refractivity contribution is 7.80. The van der Waals surface area contributed by atoms with Crippen LogP contribution in [0, 0.1) is 5.92 Å². The van der Waals surface area contributed by atoms with E-state index in [2.05, 4.69) is 24.5 Å². The van der Waals surface area contributed by atoms with E-state index in [0.29, 0.717) is 19.1 Å². The van der Waals surface area contributed by atoms with Gasteiger partial charge in [0.05, 0.1) is 19.6 Å². The normalized spacial score (nSPS) is 10.5. The lowest BCUT2D eigenvalue weighted by Crippen LogP contribution is -2.34. The average molecular weight is 457 g/mol. The summed E-state index contributed by atoms with van der Waals surface area (Å²) >= 11 is 5.17. The van der Waals surface area contributed by atoms with Crippen molar-refractivity contribution in [3.8, 4) is 5.75 Å². The average Bonchev–Trinajstić information content (AvgIpc) is 2.77. The minimum absolute atomic E-state index is 0.0158. The van der Waals surface area contributed by atoms with Crippen LogP contribution in [0.5, 0.6) is 5.75 Å². The van der Waals surface area contributed by atoms with Crippen LogP contribution in [0.1, 0.15) is 45.1 Å². The van der Waals surface area contributed by atoms with Gasteiger partial charge in [0.1, 0.15) is 5.75 Å². The molecule has 0 spiro atoms. The Morgan fingerprint density at radius 3 is 2.38 bits per heavy atom. The van der Waals surface area contributed by atoms with E-state index >= 15 is 0 Å². The predicted molar refractivity (Wildman–Crippen MR) is 131 cm³/mol. The zero-order chi connectivity index (χ0) is 23.2. The van der Waals surface area contributed by atoms with Crippen molar-refractivity contribution in [2.45, 2.75) is 46.0 Å². The first kappa shape index (κ1) is 25.3. The van der Waals surface area contributed by atoms with Gasteiger partial charge in [-0.1, -0.05) is 44.2 Å². The first-order valence-corrected chi connectivity index (χ1v) is 11.4. The molecule has 172 valence electrons. The molecular weight excluding hydrogens is 424 g/mol. The molecule has 0 bridgehead atoms. The van der Waals surface area contributed by atoms with Gasteiger partial charge in [0.15, 0.2) is 5.11 Å². The maximum atomic E-state index is 12.0. The summed E-state index contributed by atoms with van der Waals surface area (Å²) in [6.07, 6.45) is 2.62. The number of amides is 1. The zero-order valence-electron chi connectivity index (χ0n) is 18.8. The van der Waals surface area contributed by atoms with E-state index < -0.39 is 0 Å². The fourth-order valence-corrected chi connectivity index (χ4v) is 3.02. The van der Waals surface area contributed by atoms with Crippen LogP contribution in [0.2, 0.25) is 0 Å². The Kier molecular flexibility index (Phi) is 11.2. The van der Waals surface area contributed by atoms with Crippen LogP contribution < -0.4 is 15.4 Å². The van der Waals surface area contributed by atoms with E-state index in [9.17, 15) is 9.59 Å². The molecule has 2 aromatic rings. The van der Waals surface area contributed by atoms with Crippen LogP contribution in [0.3, 0.4) is 0 Å². The molecule has 0 aliphatic rings. The fraction of sp³-hybridized carbons (Fsp3) is 0.400. The van der Waals surface area contributed by atoms with Gasteiger partial charge < -0.3 is 20.1 Å². The molecule has 0 unspecified atom stereocenters. The number of carbonyl (C=O) groups is 2. The van der Waals surface area contributed by atoms with Crippen molar-refractivity contribution < 1.29 is 19.1 Å². The largest absolute Gasteiger partial charge is 0.494 e. The number of aryl methyl sites for hydroxylation is 1. The summed E-state index contributed by atoms with van der Waals surface area (Å²) in [5.41, 5.74) is 1.95. The molecule has 0 saturated carbocycles. The van der Waals surface area contributed by atoms with E-state index in [1.807, 2.05) is 54.6 Å². The molecule has 1 amide bonds. The number of rotatable bonds is 12. The molecular formula is C25H32N2O4S. The van der Waals surface area contributed by atoms with Crippen LogP contribution in [0.25, 0.3) is 0 Å². The van der Waals surface area contributed by atoms with Crippen molar-refractivity contribution in [1.82, 2.24) is 5.32 Å². The topological polar surface area (TPSA) is 76.7 Å². The van der Waals surface area contributed by atoms with Crippen molar-refractivity contribution in [2.24, 2.45) is 5.92 Å². The molecule has 0 atom stereocenters. The number of esters is 1. The second-order valence-corrected chi connectivity index (χ2v) is 8.28. The van der Waals surface area contributed by atoms with Crippen LogP contribution in [0.4, 0.5) is 5.69 Å². The van der Waals surface area contributed by atoms with Gasteiger partial charge in [-0.05, 0) is 67.2 Å². The lowest BCUT2D eigenvalue weighted by atomic mass is 10.1. The monoisotopic (exact) mass is 456 g/mol. The summed E-state index contributed by atoms with van der Waals surface area (Å²) in [4.78, 5) is 23.8. The number of hydrogen-bond acceptors (Lipinski definition) is 5. The Labute approximate surface area is 195 Å². The Morgan fingerprint density at radius 1 is 0.969 bits per heavy atom. The second-order valence-electron chi connectivity index (χ2n) is 7.87. The van der Waals surface area contributed by atoms with Crippen molar-refractivity contribution >= 4 is 34.9 Å². The predicted octanol–water partition coefficient (Wildman–Crippen LogP) is 4.88. The van der Waals surface area contributed by atoms with Gasteiger partial charge in [-0.2, -0.15) is 0 Å². The third kappa shape index (κ3) is 10.9. The summed E-state index contributed by atoms with van der Waals surface area (Å²) < 4.78 is 10.9. The summed E-state index contributed by atoms with van der Waals surface area (Å²) in [6, 6.07) is 17.4. The van der Waals surface area contributed by atoms with Crippen molar-refractivity contribution in [2.75, 3.05) is 18.5 Å². The summed E-state index contributed by atoms with van der Waals surface area (Å²) in [6.45, 7) is 5.32. The summed E-state index contributed by atoms with van der Waals surface area (Å²) in [5.74, 6) is 0.657. The van der Waals surface area contributed by atoms with Crippen molar-refractivity contribution in [1.29, 1.82) is 0 Å². The first-order chi connectivity index (χ1) is 15.4. The van der Waals surface area contributed by atoms with Gasteiger partial charge in [0, 0.05) is 12.1 Å². The Balaban J connectivity index is 1.58. The molecule has 2 N–H and O–H groups in total. The molecule has 6 nitrogen and oxygen atoms in total. The van der Waals surface area contributed by atoms with Gasteiger partial charge in [-0.25, -0.2) is 0 Å². The molecule has 0 aromatic heterocycles. The molecule has 0 fully saturated rings. The van der Waals surface area contributed by atoms with Gasteiger partial charge in [0.25, 0.3) is 0 Å². The number of benzene rings is 2. The highest BCUT2D eigenvalue weighted by Crippen LogP contribution is 2.16. The zero-order valence-corrected chi connectivity index (χ0v) is 19.6. The first-order valence-electron chi connectivity index (χ1n) is 11.0. The molecule has 7 heteroatoms. The lowest BCUT2D eigenvalue weighted by molar-refractivity contribution is -0.145. The number of anilines is 1. The van der Waals surface area contributed by atoms with Crippen LogP contribution in [0.15, 0.2) is 54.6 Å². The molecule has 0 heterocycles. The third-order valence-corrected chi connectivity index (χ3v) is 4.81. The summed E-state index contributed by atoms with van der Waals surface area (Å²) in [7, 11) is 0. The third-order valence-electron chi connectivity index (χ3n) is 4.60. The van der Waals surface area contributed by atoms with E-state index in [1.165, 1.54) is 5.56 Å². The fourth-order valence-electron chi connectivity index (χ4n) is 2.79. The smallest absolute Gasteiger partial charge is 0.306 e. The number of ether oxygens (including phenoxy) is 2. The van der Waals surface area contributed by atoms with Crippen LogP contribution in [-0.2, 0) is 20.7 Å².